The Hall–Kier alpha value is -0.570. The van der Waals surface area contributed by atoms with Gasteiger partial charge in [0.1, 0.15) is 0 Å². The predicted molar refractivity (Wildman–Crippen MR) is 64.2 cm³/mol. The monoisotopic (exact) mass is 229 g/mol. The molecule has 0 aliphatic rings. The number of quaternary nitrogens is 1. The van der Waals surface area contributed by atoms with Crippen LogP contribution in [0.2, 0.25) is 0 Å². The number of rotatable bonds is 11. The van der Waals surface area contributed by atoms with Crippen molar-refractivity contribution >= 4 is 5.97 Å². The number of unbranched alkanes of at least 4 members (excludes halogenated alkanes) is 7. The number of hydrogen-bond acceptors (Lipinski definition) is 2. The Labute approximate surface area is 99.8 Å². The average molecular weight is 229 g/mol. The van der Waals surface area contributed by atoms with Gasteiger partial charge in [-0.05, 0) is 25.7 Å². The Balaban J connectivity index is 2.96. The largest absolute Gasteiger partial charge is 0.550 e. The number of carbonyl (C=O) groups is 1. The van der Waals surface area contributed by atoms with Gasteiger partial charge in [0.05, 0.1) is 20.6 Å². The predicted octanol–water partition coefficient (Wildman–Crippen LogP) is 0.392. The van der Waals surface area contributed by atoms with E-state index in [0.29, 0.717) is 0 Å². The van der Waals surface area contributed by atoms with Crippen molar-refractivity contribution < 1.29 is 14.8 Å². The summed E-state index contributed by atoms with van der Waals surface area (Å²) in [6.45, 7) is 1.27. The molecular weight excluding hydrogens is 202 g/mol. The summed E-state index contributed by atoms with van der Waals surface area (Å²) in [4.78, 5) is 11.7. The van der Waals surface area contributed by atoms with Crippen LogP contribution >= 0.6 is 0 Å². The second-order valence-electron chi connectivity index (χ2n) is 4.91. The quantitative estimate of drug-likeness (QED) is 0.521. The van der Waals surface area contributed by atoms with Gasteiger partial charge in [-0.25, -0.2) is 0 Å². The van der Waals surface area contributed by atoms with Gasteiger partial charge in [-0.3, -0.25) is 0 Å². The molecular formula is C13H27NO2. The maximum Gasteiger partial charge on any atom is 0.0766 e. The number of nitrogens with one attached hydrogen (secondary N) is 1. The highest BCUT2D eigenvalue weighted by atomic mass is 16.4. The summed E-state index contributed by atoms with van der Waals surface area (Å²) in [6, 6.07) is 0. The highest BCUT2D eigenvalue weighted by Crippen LogP contribution is 2.08. The van der Waals surface area contributed by atoms with E-state index in [1.807, 2.05) is 0 Å². The molecule has 0 aliphatic carbocycles. The van der Waals surface area contributed by atoms with Crippen molar-refractivity contribution in [1.82, 2.24) is 0 Å². The van der Waals surface area contributed by atoms with E-state index in [2.05, 4.69) is 14.1 Å². The average Bonchev–Trinajstić information content (AvgIpc) is 2.20. The van der Waals surface area contributed by atoms with E-state index in [0.717, 1.165) is 12.8 Å². The third kappa shape index (κ3) is 13.4. The second-order valence-corrected chi connectivity index (χ2v) is 4.91. The standard InChI is InChI=1S/C13H27NO2/c1-14(2)12-10-8-6-4-3-5-7-9-11-13(15)16/h3-12H2,1-2H3,(H,15,16). The summed E-state index contributed by atoms with van der Waals surface area (Å²) >= 11 is 0. The van der Waals surface area contributed by atoms with Gasteiger partial charge in [0.25, 0.3) is 0 Å². The molecule has 0 aliphatic heterocycles. The lowest BCUT2D eigenvalue weighted by molar-refractivity contribution is -0.858. The van der Waals surface area contributed by atoms with Crippen molar-refractivity contribution in [2.75, 3.05) is 20.6 Å². The maximum atomic E-state index is 10.1. The van der Waals surface area contributed by atoms with E-state index in [1.54, 1.807) is 0 Å². The summed E-state index contributed by atoms with van der Waals surface area (Å²) in [5.41, 5.74) is 0. The molecule has 0 saturated carbocycles. The Bertz CT molecular complexity index is 169. The van der Waals surface area contributed by atoms with Crippen LogP contribution in [0, 0.1) is 0 Å². The van der Waals surface area contributed by atoms with Gasteiger partial charge in [-0.15, -0.1) is 0 Å². The van der Waals surface area contributed by atoms with E-state index in [9.17, 15) is 9.90 Å². The molecule has 0 atom stereocenters. The zero-order valence-corrected chi connectivity index (χ0v) is 10.9. The van der Waals surface area contributed by atoms with Gasteiger partial charge in [0.15, 0.2) is 0 Å². The fourth-order valence-corrected chi connectivity index (χ4v) is 1.81. The summed E-state index contributed by atoms with van der Waals surface area (Å²) in [6.07, 6.45) is 9.76. The van der Waals surface area contributed by atoms with Crippen LogP contribution in [0.4, 0.5) is 0 Å². The molecule has 0 heterocycles. The van der Waals surface area contributed by atoms with Crippen molar-refractivity contribution in [3.8, 4) is 0 Å². The lowest BCUT2D eigenvalue weighted by Gasteiger charge is -2.06. The molecule has 1 N–H and O–H groups in total. The van der Waals surface area contributed by atoms with Crippen LogP contribution in [0.1, 0.15) is 57.8 Å². The van der Waals surface area contributed by atoms with Gasteiger partial charge in [-0.2, -0.15) is 0 Å². The van der Waals surface area contributed by atoms with Gasteiger partial charge in [0, 0.05) is 5.97 Å². The topological polar surface area (TPSA) is 44.6 Å². The van der Waals surface area contributed by atoms with Crippen molar-refractivity contribution in [3.63, 3.8) is 0 Å². The van der Waals surface area contributed by atoms with E-state index in [-0.39, 0.29) is 6.42 Å². The smallest absolute Gasteiger partial charge is 0.0766 e. The number of hydrogen-bond donors (Lipinski definition) is 1. The first-order chi connectivity index (χ1) is 7.63. The minimum absolute atomic E-state index is 0.228. The molecule has 96 valence electrons. The zero-order chi connectivity index (χ0) is 12.2. The van der Waals surface area contributed by atoms with E-state index >= 15 is 0 Å². The molecule has 0 amide bonds. The number of carbonyl (C=O) groups excluding carboxylic acids is 1. The first kappa shape index (κ1) is 15.4. The minimum atomic E-state index is -0.911. The Morgan fingerprint density at radius 3 is 1.75 bits per heavy atom. The van der Waals surface area contributed by atoms with Gasteiger partial charge >= 0.3 is 0 Å². The number of carboxylic acid groups (broad SMARTS) is 1. The highest BCUT2D eigenvalue weighted by Gasteiger charge is 1.95. The molecule has 0 aromatic rings. The van der Waals surface area contributed by atoms with Gasteiger partial charge in [-0.1, -0.05) is 32.1 Å². The first-order valence-corrected chi connectivity index (χ1v) is 6.62. The Morgan fingerprint density at radius 1 is 0.875 bits per heavy atom. The van der Waals surface area contributed by atoms with Gasteiger partial charge in [0.2, 0.25) is 0 Å². The molecule has 3 heteroatoms. The maximum absolute atomic E-state index is 10.1. The third-order valence-electron chi connectivity index (χ3n) is 2.81. The molecule has 0 unspecified atom stereocenters. The van der Waals surface area contributed by atoms with Crippen LogP contribution in [-0.2, 0) is 4.79 Å². The second kappa shape index (κ2) is 10.9. The summed E-state index contributed by atoms with van der Waals surface area (Å²) < 4.78 is 0. The third-order valence-corrected chi connectivity index (χ3v) is 2.81. The molecule has 0 aromatic heterocycles. The molecule has 0 spiro atoms. The van der Waals surface area contributed by atoms with Crippen LogP contribution in [0.5, 0.6) is 0 Å². The van der Waals surface area contributed by atoms with Crippen LogP contribution in [-0.4, -0.2) is 26.6 Å². The summed E-state index contributed by atoms with van der Waals surface area (Å²) in [7, 11) is 4.38. The van der Waals surface area contributed by atoms with Crippen LogP contribution in [0.25, 0.3) is 0 Å². The van der Waals surface area contributed by atoms with E-state index in [1.165, 1.54) is 50.0 Å². The lowest BCUT2D eigenvalue weighted by Crippen LogP contribution is -3.05. The summed E-state index contributed by atoms with van der Waals surface area (Å²) in [5, 5.41) is 10.1. The molecule has 0 saturated heterocycles. The Kier molecular flexibility index (Phi) is 10.5. The zero-order valence-electron chi connectivity index (χ0n) is 10.9. The Morgan fingerprint density at radius 2 is 1.31 bits per heavy atom. The van der Waals surface area contributed by atoms with E-state index in [4.69, 9.17) is 0 Å². The SMILES string of the molecule is C[NH+](C)CCCCCCCCCCC(=O)[O-]. The number of aliphatic carboxylic acids is 1. The molecule has 0 aromatic carbocycles. The van der Waals surface area contributed by atoms with E-state index < -0.39 is 5.97 Å². The number of carboxylic acids is 1. The van der Waals surface area contributed by atoms with Crippen LogP contribution < -0.4 is 10.0 Å². The molecule has 0 rings (SSSR count). The first-order valence-electron chi connectivity index (χ1n) is 6.62. The fourth-order valence-electron chi connectivity index (χ4n) is 1.81. The minimum Gasteiger partial charge on any atom is -0.550 e. The molecule has 16 heavy (non-hydrogen) atoms. The van der Waals surface area contributed by atoms with Crippen LogP contribution in [0.15, 0.2) is 0 Å². The van der Waals surface area contributed by atoms with Crippen LogP contribution in [0.3, 0.4) is 0 Å². The lowest BCUT2D eigenvalue weighted by atomic mass is 10.1. The van der Waals surface area contributed by atoms with Gasteiger partial charge < -0.3 is 14.8 Å². The molecule has 0 radical (unpaired) electrons. The van der Waals surface area contributed by atoms with Crippen molar-refractivity contribution in [2.45, 2.75) is 57.8 Å². The highest BCUT2D eigenvalue weighted by molar-refractivity contribution is 5.63. The van der Waals surface area contributed by atoms with Crippen molar-refractivity contribution in [3.05, 3.63) is 0 Å². The van der Waals surface area contributed by atoms with Crippen molar-refractivity contribution in [2.24, 2.45) is 0 Å². The van der Waals surface area contributed by atoms with Crippen molar-refractivity contribution in [1.29, 1.82) is 0 Å². The molecule has 3 nitrogen and oxygen atoms in total. The summed E-state index contributed by atoms with van der Waals surface area (Å²) in [5.74, 6) is -0.911. The fraction of sp³-hybridized carbons (Fsp3) is 0.923. The molecule has 0 bridgehead atoms. The molecule has 0 fully saturated rings. The normalized spacial score (nSPS) is 10.9.